The van der Waals surface area contributed by atoms with E-state index in [9.17, 15) is 14.7 Å². The number of hydrazone groups is 1. The number of benzene rings is 2. The minimum atomic E-state index is -0.382. The first kappa shape index (κ1) is 17.7. The van der Waals surface area contributed by atoms with Crippen LogP contribution in [0.25, 0.3) is 0 Å². The zero-order valence-corrected chi connectivity index (χ0v) is 14.3. The molecule has 7 heteroatoms. The molecule has 3 N–H and O–H groups in total. The monoisotopic (exact) mass is 389 g/mol. The Morgan fingerprint density at radius 2 is 1.71 bits per heavy atom. The van der Waals surface area contributed by atoms with Crippen molar-refractivity contribution in [3.8, 4) is 5.75 Å². The highest BCUT2D eigenvalue weighted by atomic mass is 79.9. The molecule has 0 spiro atoms. The third kappa shape index (κ3) is 5.85. The second-order valence-corrected chi connectivity index (χ2v) is 5.82. The Morgan fingerprint density at radius 1 is 1.04 bits per heavy atom. The van der Waals surface area contributed by atoms with Gasteiger partial charge >= 0.3 is 0 Å². The first-order valence-electron chi connectivity index (χ1n) is 7.20. The topological polar surface area (TPSA) is 90.8 Å². The number of aromatic hydroxyl groups is 1. The zero-order valence-electron chi connectivity index (χ0n) is 12.7. The van der Waals surface area contributed by atoms with Crippen molar-refractivity contribution in [3.05, 3.63) is 58.6 Å². The van der Waals surface area contributed by atoms with Crippen LogP contribution in [0.1, 0.15) is 18.4 Å². The summed E-state index contributed by atoms with van der Waals surface area (Å²) in [5, 5.41) is 16.0. The number of carbonyl (C=O) groups is 2. The Morgan fingerprint density at radius 3 is 2.42 bits per heavy atom. The van der Waals surface area contributed by atoms with Crippen molar-refractivity contribution in [1.29, 1.82) is 0 Å². The van der Waals surface area contributed by atoms with Gasteiger partial charge in [-0.2, -0.15) is 5.10 Å². The van der Waals surface area contributed by atoms with E-state index < -0.39 is 0 Å². The van der Waals surface area contributed by atoms with Crippen molar-refractivity contribution < 1.29 is 14.7 Å². The summed E-state index contributed by atoms with van der Waals surface area (Å²) in [6.07, 6.45) is 1.41. The van der Waals surface area contributed by atoms with Gasteiger partial charge in [0.2, 0.25) is 11.8 Å². The summed E-state index contributed by atoms with van der Waals surface area (Å²) in [6.45, 7) is 0. The van der Waals surface area contributed by atoms with Crippen LogP contribution < -0.4 is 10.7 Å². The Bertz CT molecular complexity index is 745. The molecular weight excluding hydrogens is 374 g/mol. The highest BCUT2D eigenvalue weighted by Crippen LogP contribution is 2.14. The lowest BCUT2D eigenvalue weighted by atomic mass is 10.2. The van der Waals surface area contributed by atoms with E-state index in [1.165, 1.54) is 12.3 Å². The molecule has 24 heavy (non-hydrogen) atoms. The number of para-hydroxylation sites is 1. The maximum atomic E-state index is 11.8. The molecule has 0 bridgehead atoms. The molecule has 0 saturated carbocycles. The van der Waals surface area contributed by atoms with Gasteiger partial charge in [0.25, 0.3) is 0 Å². The van der Waals surface area contributed by atoms with Gasteiger partial charge in [-0.15, -0.1) is 0 Å². The van der Waals surface area contributed by atoms with Crippen LogP contribution in [0.4, 0.5) is 5.69 Å². The SMILES string of the molecule is O=C(CCC(=O)Nc1ccc(Br)cc1)N/N=C/c1ccccc1O. The maximum absolute atomic E-state index is 11.8. The average Bonchev–Trinajstić information content (AvgIpc) is 2.57. The van der Waals surface area contributed by atoms with Crippen LogP contribution in [-0.4, -0.2) is 23.1 Å². The number of amides is 2. The highest BCUT2D eigenvalue weighted by Gasteiger charge is 2.06. The fourth-order valence-corrected chi connectivity index (χ4v) is 2.07. The summed E-state index contributed by atoms with van der Waals surface area (Å²) in [6, 6.07) is 13.8. The van der Waals surface area contributed by atoms with E-state index in [0.717, 1.165) is 4.47 Å². The normalized spacial score (nSPS) is 10.5. The first-order valence-corrected chi connectivity index (χ1v) is 7.99. The van der Waals surface area contributed by atoms with Gasteiger partial charge in [0.15, 0.2) is 0 Å². The number of nitrogens with zero attached hydrogens (tertiary/aromatic N) is 1. The van der Waals surface area contributed by atoms with E-state index in [-0.39, 0.29) is 30.4 Å². The minimum Gasteiger partial charge on any atom is -0.507 e. The van der Waals surface area contributed by atoms with Crippen molar-refractivity contribution in [2.45, 2.75) is 12.8 Å². The van der Waals surface area contributed by atoms with Crippen molar-refractivity contribution in [3.63, 3.8) is 0 Å². The summed E-state index contributed by atoms with van der Waals surface area (Å²) in [4.78, 5) is 23.4. The summed E-state index contributed by atoms with van der Waals surface area (Å²) in [5.41, 5.74) is 3.48. The lowest BCUT2D eigenvalue weighted by Crippen LogP contribution is -2.20. The molecule has 0 atom stereocenters. The zero-order chi connectivity index (χ0) is 17.4. The molecule has 2 aromatic rings. The Kier molecular flexibility index (Phi) is 6.51. The molecule has 0 aliphatic heterocycles. The standard InChI is InChI=1S/C17H16BrN3O3/c18-13-5-7-14(8-6-13)20-16(23)9-10-17(24)21-19-11-12-3-1-2-4-15(12)22/h1-8,11,22H,9-10H2,(H,20,23)(H,21,24)/b19-11+. The number of phenols is 1. The molecule has 0 unspecified atom stereocenters. The Labute approximate surface area is 147 Å². The van der Waals surface area contributed by atoms with Gasteiger partial charge in [0, 0.05) is 28.6 Å². The Balaban J connectivity index is 1.73. The number of carbonyl (C=O) groups excluding carboxylic acids is 2. The van der Waals surface area contributed by atoms with Crippen LogP contribution in [0, 0.1) is 0 Å². The number of anilines is 1. The van der Waals surface area contributed by atoms with Gasteiger partial charge < -0.3 is 10.4 Å². The van der Waals surface area contributed by atoms with E-state index >= 15 is 0 Å². The van der Waals surface area contributed by atoms with Crippen LogP contribution in [0.15, 0.2) is 58.1 Å². The largest absolute Gasteiger partial charge is 0.507 e. The van der Waals surface area contributed by atoms with Crippen LogP contribution in [0.3, 0.4) is 0 Å². The van der Waals surface area contributed by atoms with Gasteiger partial charge in [-0.3, -0.25) is 9.59 Å². The third-order valence-electron chi connectivity index (χ3n) is 3.04. The third-order valence-corrected chi connectivity index (χ3v) is 3.57. The molecule has 0 aliphatic rings. The van der Waals surface area contributed by atoms with Gasteiger partial charge in [-0.05, 0) is 36.4 Å². The van der Waals surface area contributed by atoms with Gasteiger partial charge in [0.1, 0.15) is 5.75 Å². The van der Waals surface area contributed by atoms with Crippen LogP contribution >= 0.6 is 15.9 Å². The molecule has 0 fully saturated rings. The highest BCUT2D eigenvalue weighted by molar-refractivity contribution is 9.10. The predicted molar refractivity (Wildman–Crippen MR) is 95.8 cm³/mol. The quantitative estimate of drug-likeness (QED) is 0.523. The number of hydrogen-bond donors (Lipinski definition) is 3. The van der Waals surface area contributed by atoms with E-state index in [0.29, 0.717) is 11.3 Å². The summed E-state index contributed by atoms with van der Waals surface area (Å²) >= 11 is 3.31. The molecule has 0 saturated heterocycles. The summed E-state index contributed by atoms with van der Waals surface area (Å²) in [7, 11) is 0. The molecule has 2 rings (SSSR count). The van der Waals surface area contributed by atoms with Crippen LogP contribution in [0.2, 0.25) is 0 Å². The molecular formula is C17H16BrN3O3. The Hall–Kier alpha value is -2.67. The molecule has 2 aromatic carbocycles. The van der Waals surface area contributed by atoms with Crippen LogP contribution in [-0.2, 0) is 9.59 Å². The number of phenolic OH excluding ortho intramolecular Hbond substituents is 1. The van der Waals surface area contributed by atoms with E-state index in [2.05, 4.69) is 31.8 Å². The van der Waals surface area contributed by atoms with Gasteiger partial charge in [-0.25, -0.2) is 5.43 Å². The maximum Gasteiger partial charge on any atom is 0.240 e. The van der Waals surface area contributed by atoms with Crippen molar-refractivity contribution in [2.24, 2.45) is 5.10 Å². The number of halogens is 1. The number of nitrogens with one attached hydrogen (secondary N) is 2. The molecule has 0 heterocycles. The van der Waals surface area contributed by atoms with E-state index in [1.54, 1.807) is 30.3 Å². The van der Waals surface area contributed by atoms with Crippen LogP contribution in [0.5, 0.6) is 5.75 Å². The van der Waals surface area contributed by atoms with Crippen molar-refractivity contribution in [2.75, 3.05) is 5.32 Å². The number of rotatable bonds is 6. The molecule has 0 aliphatic carbocycles. The predicted octanol–water partition coefficient (Wildman–Crippen LogP) is 3.02. The number of hydrogen-bond acceptors (Lipinski definition) is 4. The van der Waals surface area contributed by atoms with E-state index in [1.807, 2.05) is 12.1 Å². The lowest BCUT2D eigenvalue weighted by molar-refractivity contribution is -0.124. The molecule has 0 radical (unpaired) electrons. The van der Waals surface area contributed by atoms with Crippen molar-refractivity contribution >= 4 is 39.6 Å². The van der Waals surface area contributed by atoms with Gasteiger partial charge in [-0.1, -0.05) is 28.1 Å². The summed E-state index contributed by atoms with van der Waals surface area (Å²) < 4.78 is 0.919. The van der Waals surface area contributed by atoms with Crippen molar-refractivity contribution in [1.82, 2.24) is 5.43 Å². The second-order valence-electron chi connectivity index (χ2n) is 4.91. The molecule has 0 aromatic heterocycles. The van der Waals surface area contributed by atoms with E-state index in [4.69, 9.17) is 0 Å². The minimum absolute atomic E-state index is 0.0144. The smallest absolute Gasteiger partial charge is 0.240 e. The fraction of sp³-hybridized carbons (Fsp3) is 0.118. The first-order chi connectivity index (χ1) is 11.5. The molecule has 124 valence electrons. The molecule has 6 nitrogen and oxygen atoms in total. The lowest BCUT2D eigenvalue weighted by Gasteiger charge is -2.05. The average molecular weight is 390 g/mol. The second kappa shape index (κ2) is 8.83. The van der Waals surface area contributed by atoms with Gasteiger partial charge in [0.05, 0.1) is 6.21 Å². The summed E-state index contributed by atoms with van der Waals surface area (Å²) in [5.74, 6) is -0.561. The molecule has 2 amide bonds. The fourth-order valence-electron chi connectivity index (χ4n) is 1.81.